The Hall–Kier alpha value is -1.24. The molecule has 1 unspecified atom stereocenters. The number of ketones is 2. The van der Waals surface area contributed by atoms with Gasteiger partial charge in [0.25, 0.3) is 0 Å². The van der Waals surface area contributed by atoms with E-state index in [1.807, 2.05) is 4.72 Å². The summed E-state index contributed by atoms with van der Waals surface area (Å²) in [6, 6.07) is 2.52. The number of hydrogen-bond acceptors (Lipinski definition) is 4. The quantitative estimate of drug-likeness (QED) is 0.767. The largest absolute Gasteiger partial charge is 0.298 e. The van der Waals surface area contributed by atoms with Crippen LogP contribution in [0, 0.1) is 0 Å². The maximum absolute atomic E-state index is 11.9. The summed E-state index contributed by atoms with van der Waals surface area (Å²) in [4.78, 5) is 23.0. The van der Waals surface area contributed by atoms with Gasteiger partial charge in [-0.15, -0.1) is 0 Å². The Morgan fingerprint density at radius 1 is 1.41 bits per heavy atom. The molecule has 0 bridgehead atoms. The summed E-state index contributed by atoms with van der Waals surface area (Å²) in [5.74, 6) is -1.13. The van der Waals surface area contributed by atoms with Gasteiger partial charge in [-0.1, -0.05) is 11.6 Å². The number of fused-ring (bicyclic) bond motifs is 1. The molecule has 0 spiro atoms. The second-order valence-electron chi connectivity index (χ2n) is 3.67. The molecule has 1 aromatic carbocycles. The number of benzene rings is 1. The Labute approximate surface area is 103 Å². The number of rotatable bonds is 1. The lowest BCUT2D eigenvalue weighted by atomic mass is 10.0. The molecular weight excluding hydrogens is 266 g/mol. The van der Waals surface area contributed by atoms with E-state index in [9.17, 15) is 18.0 Å². The lowest BCUT2D eigenvalue weighted by Crippen LogP contribution is -2.49. The summed E-state index contributed by atoms with van der Waals surface area (Å²) in [5.41, 5.74) is -0.0450. The van der Waals surface area contributed by atoms with Crippen LogP contribution in [0.25, 0.3) is 0 Å². The van der Waals surface area contributed by atoms with E-state index in [2.05, 4.69) is 0 Å². The molecule has 0 radical (unpaired) electrons. The summed E-state index contributed by atoms with van der Waals surface area (Å²) in [6.45, 7) is 1.15. The molecular formula is C10H8ClNO4S. The number of carbonyl (C=O) groups excluding carboxylic acids is 2. The van der Waals surface area contributed by atoms with E-state index < -0.39 is 27.6 Å². The maximum Gasteiger partial charge on any atom is 0.242 e. The van der Waals surface area contributed by atoms with Crippen molar-refractivity contribution < 1.29 is 18.0 Å². The van der Waals surface area contributed by atoms with Crippen LogP contribution < -0.4 is 4.72 Å². The van der Waals surface area contributed by atoms with E-state index in [4.69, 9.17) is 11.6 Å². The average molecular weight is 274 g/mol. The fourth-order valence-corrected chi connectivity index (χ4v) is 3.20. The fourth-order valence-electron chi connectivity index (χ4n) is 1.62. The molecule has 7 heteroatoms. The molecule has 1 aliphatic rings. The van der Waals surface area contributed by atoms with Crippen molar-refractivity contribution in [3.8, 4) is 0 Å². The van der Waals surface area contributed by atoms with Crippen LogP contribution in [0.2, 0.25) is 5.02 Å². The average Bonchev–Trinajstić information content (AvgIpc) is 2.23. The minimum absolute atomic E-state index is 0.0450. The molecule has 0 saturated carbocycles. The van der Waals surface area contributed by atoms with Crippen molar-refractivity contribution >= 4 is 33.2 Å². The normalized spacial score (nSPS) is 22.0. The highest BCUT2D eigenvalue weighted by Gasteiger charge is 2.38. The van der Waals surface area contributed by atoms with Gasteiger partial charge in [-0.05, 0) is 25.1 Å². The SMILES string of the molecule is CC(=O)C1NS(=O)(=O)c2ccc(Cl)cc2C1=O. The zero-order chi connectivity index (χ0) is 12.8. The first-order valence-corrected chi connectivity index (χ1v) is 6.55. The van der Waals surface area contributed by atoms with Crippen molar-refractivity contribution in [1.29, 1.82) is 0 Å². The molecule has 0 aromatic heterocycles. The lowest BCUT2D eigenvalue weighted by Gasteiger charge is -2.22. The van der Waals surface area contributed by atoms with Crippen molar-refractivity contribution in [2.75, 3.05) is 0 Å². The van der Waals surface area contributed by atoms with Gasteiger partial charge < -0.3 is 0 Å². The van der Waals surface area contributed by atoms with E-state index in [1.165, 1.54) is 18.2 Å². The maximum atomic E-state index is 11.9. The van der Waals surface area contributed by atoms with Crippen LogP contribution in [0.3, 0.4) is 0 Å². The third-order valence-corrected chi connectivity index (χ3v) is 4.15. The highest BCUT2D eigenvalue weighted by Crippen LogP contribution is 2.26. The van der Waals surface area contributed by atoms with Crippen LogP contribution >= 0.6 is 11.6 Å². The molecule has 1 N–H and O–H groups in total. The van der Waals surface area contributed by atoms with Gasteiger partial charge in [0.2, 0.25) is 10.0 Å². The van der Waals surface area contributed by atoms with Crippen LogP contribution in [-0.2, 0) is 14.8 Å². The number of nitrogens with one attached hydrogen (secondary N) is 1. The predicted molar refractivity (Wildman–Crippen MR) is 60.6 cm³/mol. The van der Waals surface area contributed by atoms with Crippen LogP contribution in [0.4, 0.5) is 0 Å². The van der Waals surface area contributed by atoms with Crippen molar-refractivity contribution in [2.24, 2.45) is 0 Å². The Balaban J connectivity index is 2.70. The monoisotopic (exact) mass is 273 g/mol. The van der Waals surface area contributed by atoms with Crippen molar-refractivity contribution in [1.82, 2.24) is 4.72 Å². The molecule has 1 atom stereocenters. The van der Waals surface area contributed by atoms with E-state index in [0.717, 1.165) is 6.92 Å². The summed E-state index contributed by atoms with van der Waals surface area (Å²) < 4.78 is 25.6. The number of Topliss-reactive ketones (excluding diaryl/α,β-unsaturated/α-hetero) is 2. The summed E-state index contributed by atoms with van der Waals surface area (Å²) in [7, 11) is -3.84. The van der Waals surface area contributed by atoms with Gasteiger partial charge in [0.05, 0.1) is 4.90 Å². The highest BCUT2D eigenvalue weighted by atomic mass is 35.5. The molecule has 2 rings (SSSR count). The molecule has 1 aliphatic heterocycles. The van der Waals surface area contributed by atoms with Crippen LogP contribution in [0.5, 0.6) is 0 Å². The zero-order valence-electron chi connectivity index (χ0n) is 8.73. The van der Waals surface area contributed by atoms with Crippen LogP contribution in [0.1, 0.15) is 17.3 Å². The second-order valence-corrected chi connectivity index (χ2v) is 5.79. The van der Waals surface area contributed by atoms with Crippen molar-refractivity contribution in [2.45, 2.75) is 17.9 Å². The van der Waals surface area contributed by atoms with Crippen LogP contribution in [-0.4, -0.2) is 26.0 Å². The summed E-state index contributed by atoms with van der Waals surface area (Å²) >= 11 is 5.71. The van der Waals surface area contributed by atoms with Gasteiger partial charge >= 0.3 is 0 Å². The predicted octanol–water partition coefficient (Wildman–Crippen LogP) is 0.772. The molecule has 0 amide bonds. The molecule has 1 heterocycles. The van der Waals surface area contributed by atoms with Crippen LogP contribution in [0.15, 0.2) is 23.1 Å². The van der Waals surface area contributed by atoms with Gasteiger partial charge in [-0.2, -0.15) is 4.72 Å². The Kier molecular flexibility index (Phi) is 2.81. The molecule has 5 nitrogen and oxygen atoms in total. The Bertz CT molecular complexity index is 623. The Morgan fingerprint density at radius 2 is 2.06 bits per heavy atom. The molecule has 0 saturated heterocycles. The number of sulfonamides is 1. The van der Waals surface area contributed by atoms with E-state index in [1.54, 1.807) is 0 Å². The van der Waals surface area contributed by atoms with Crippen molar-refractivity contribution in [3.05, 3.63) is 28.8 Å². The first-order chi connectivity index (χ1) is 7.83. The molecule has 90 valence electrons. The van der Waals surface area contributed by atoms with Gasteiger partial charge in [0.15, 0.2) is 11.6 Å². The topological polar surface area (TPSA) is 80.3 Å². The lowest BCUT2D eigenvalue weighted by molar-refractivity contribution is -0.117. The molecule has 0 fully saturated rings. The van der Waals surface area contributed by atoms with Gasteiger partial charge in [-0.3, -0.25) is 9.59 Å². The number of carbonyl (C=O) groups is 2. The van der Waals surface area contributed by atoms with E-state index in [0.29, 0.717) is 0 Å². The number of hydrogen-bond donors (Lipinski definition) is 1. The number of halogens is 1. The summed E-state index contributed by atoms with van der Waals surface area (Å²) in [5, 5.41) is 0.247. The summed E-state index contributed by atoms with van der Waals surface area (Å²) in [6.07, 6.45) is 0. The highest BCUT2D eigenvalue weighted by molar-refractivity contribution is 7.89. The minimum Gasteiger partial charge on any atom is -0.298 e. The fraction of sp³-hybridized carbons (Fsp3) is 0.200. The first kappa shape index (κ1) is 12.2. The van der Waals surface area contributed by atoms with Gasteiger partial charge in [0, 0.05) is 10.6 Å². The van der Waals surface area contributed by atoms with Gasteiger partial charge in [-0.25, -0.2) is 8.42 Å². The van der Waals surface area contributed by atoms with Gasteiger partial charge in [0.1, 0.15) is 6.04 Å². The second kappa shape index (κ2) is 3.90. The zero-order valence-corrected chi connectivity index (χ0v) is 10.3. The molecule has 17 heavy (non-hydrogen) atoms. The third-order valence-electron chi connectivity index (χ3n) is 2.44. The van der Waals surface area contributed by atoms with E-state index >= 15 is 0 Å². The van der Waals surface area contributed by atoms with Crippen molar-refractivity contribution in [3.63, 3.8) is 0 Å². The molecule has 1 aromatic rings. The minimum atomic E-state index is -3.84. The third kappa shape index (κ3) is 1.99. The van der Waals surface area contributed by atoms with E-state index in [-0.39, 0.29) is 15.5 Å². The smallest absolute Gasteiger partial charge is 0.242 e. The Morgan fingerprint density at radius 3 is 2.65 bits per heavy atom. The standard InChI is InChI=1S/C10H8ClNO4S/c1-5(13)9-10(14)7-4-6(11)2-3-8(7)17(15,16)12-9/h2-4,9,12H,1H3. The molecule has 0 aliphatic carbocycles. The first-order valence-electron chi connectivity index (χ1n) is 4.69.